The first-order chi connectivity index (χ1) is 15.7. The molecule has 0 aliphatic heterocycles. The third kappa shape index (κ3) is 4.16. The number of carboxylic acids is 1. The van der Waals surface area contributed by atoms with Crippen LogP contribution in [0.25, 0.3) is 33.1 Å². The first-order valence-electron chi connectivity index (χ1n) is 10.4. The van der Waals surface area contributed by atoms with Crippen molar-refractivity contribution >= 4 is 33.8 Å². The number of para-hydroxylation sites is 2. The molecule has 0 fully saturated rings. The molecule has 0 aliphatic rings. The number of nitrogens with one attached hydrogen (secondary N) is 1. The highest BCUT2D eigenvalue weighted by atomic mass is 16.4. The molecule has 0 aliphatic carbocycles. The molecule has 0 spiro atoms. The predicted molar refractivity (Wildman–Crippen MR) is 125 cm³/mol. The van der Waals surface area contributed by atoms with Crippen LogP contribution < -0.4 is 5.32 Å². The number of benzene rings is 3. The molecule has 2 aromatic heterocycles. The monoisotopic (exact) mass is 423 g/mol. The highest BCUT2D eigenvalue weighted by molar-refractivity contribution is 5.96. The van der Waals surface area contributed by atoms with E-state index in [-0.39, 0.29) is 6.54 Å². The minimum absolute atomic E-state index is 0.185. The number of fused-ring (bicyclic) bond motifs is 2. The van der Waals surface area contributed by atoms with Crippen LogP contribution >= 0.6 is 0 Å². The number of carbonyl (C=O) groups is 1. The smallest absolute Gasteiger partial charge is 0.322 e. The lowest BCUT2D eigenvalue weighted by Crippen LogP contribution is -2.13. The molecule has 0 saturated heterocycles. The molecule has 0 saturated carbocycles. The lowest BCUT2D eigenvalue weighted by atomic mass is 9.98. The molecule has 0 bridgehead atoms. The zero-order valence-corrected chi connectivity index (χ0v) is 17.3. The van der Waals surface area contributed by atoms with Crippen molar-refractivity contribution in [1.82, 2.24) is 9.97 Å². The van der Waals surface area contributed by atoms with Gasteiger partial charge in [0, 0.05) is 11.8 Å². The second-order valence-electron chi connectivity index (χ2n) is 7.60. The summed E-state index contributed by atoms with van der Waals surface area (Å²) >= 11 is 0. The normalized spacial score (nSPS) is 11.1. The zero-order valence-electron chi connectivity index (χ0n) is 17.3. The Morgan fingerprint density at radius 2 is 1.69 bits per heavy atom. The van der Waals surface area contributed by atoms with Crippen molar-refractivity contribution in [3.05, 3.63) is 90.3 Å². The molecule has 5 aromatic rings. The molecule has 2 N–H and O–H groups in total. The van der Waals surface area contributed by atoms with Gasteiger partial charge in [-0.1, -0.05) is 48.5 Å². The number of hydrogen-bond acceptors (Lipinski definition) is 5. The maximum atomic E-state index is 11.0. The number of aryl methyl sites for hydroxylation is 2. The average molecular weight is 423 g/mol. The van der Waals surface area contributed by atoms with Gasteiger partial charge < -0.3 is 14.8 Å². The summed E-state index contributed by atoms with van der Waals surface area (Å²) in [6, 6.07) is 25.9. The average Bonchev–Trinajstić information content (AvgIpc) is 3.24. The fourth-order valence-corrected chi connectivity index (χ4v) is 3.82. The van der Waals surface area contributed by atoms with Gasteiger partial charge in [0.05, 0.1) is 5.52 Å². The van der Waals surface area contributed by atoms with Gasteiger partial charge in [-0.05, 0) is 53.4 Å². The van der Waals surface area contributed by atoms with Crippen molar-refractivity contribution in [3.8, 4) is 11.1 Å². The van der Waals surface area contributed by atoms with Crippen molar-refractivity contribution in [2.24, 2.45) is 0 Å². The molecule has 0 radical (unpaired) electrons. The Balaban J connectivity index is 1.48. The SMILES string of the molecule is O=C(O)CNc1cc(-c2ccccc2)c2cc(CCc3nc4ccccc4o3)ccc2n1. The first kappa shape index (κ1) is 19.8. The van der Waals surface area contributed by atoms with Gasteiger partial charge in [-0.25, -0.2) is 9.97 Å². The van der Waals surface area contributed by atoms with E-state index in [4.69, 9.17) is 9.52 Å². The van der Waals surface area contributed by atoms with Crippen LogP contribution in [0, 0.1) is 0 Å². The largest absolute Gasteiger partial charge is 0.480 e. The van der Waals surface area contributed by atoms with Gasteiger partial charge in [0.1, 0.15) is 17.9 Å². The minimum Gasteiger partial charge on any atom is -0.480 e. The molecule has 6 nitrogen and oxygen atoms in total. The van der Waals surface area contributed by atoms with Crippen LogP contribution in [0.1, 0.15) is 11.5 Å². The molecular weight excluding hydrogens is 402 g/mol. The van der Waals surface area contributed by atoms with E-state index in [1.54, 1.807) is 0 Å². The topological polar surface area (TPSA) is 88.2 Å². The Morgan fingerprint density at radius 3 is 2.50 bits per heavy atom. The number of aromatic nitrogens is 2. The summed E-state index contributed by atoms with van der Waals surface area (Å²) in [5.74, 6) is 0.335. The fraction of sp³-hybridized carbons (Fsp3) is 0.115. The van der Waals surface area contributed by atoms with E-state index in [1.165, 1.54) is 0 Å². The van der Waals surface area contributed by atoms with Gasteiger partial charge in [0.2, 0.25) is 0 Å². The molecule has 6 heteroatoms. The summed E-state index contributed by atoms with van der Waals surface area (Å²) < 4.78 is 5.85. The van der Waals surface area contributed by atoms with Gasteiger partial charge in [0.15, 0.2) is 11.5 Å². The molecule has 0 amide bonds. The van der Waals surface area contributed by atoms with Gasteiger partial charge in [-0.3, -0.25) is 4.79 Å². The number of anilines is 1. The Hall–Kier alpha value is -4.19. The van der Waals surface area contributed by atoms with Gasteiger partial charge in [-0.2, -0.15) is 0 Å². The van der Waals surface area contributed by atoms with Crippen molar-refractivity contribution in [2.45, 2.75) is 12.8 Å². The van der Waals surface area contributed by atoms with E-state index in [1.807, 2.05) is 72.8 Å². The Bertz CT molecular complexity index is 1380. The van der Waals surface area contributed by atoms with Crippen LogP contribution in [0.2, 0.25) is 0 Å². The van der Waals surface area contributed by atoms with Crippen LogP contribution in [0.4, 0.5) is 5.82 Å². The summed E-state index contributed by atoms with van der Waals surface area (Å²) in [5, 5.41) is 12.9. The summed E-state index contributed by atoms with van der Waals surface area (Å²) in [5.41, 5.74) is 5.70. The van der Waals surface area contributed by atoms with E-state index in [2.05, 4.69) is 21.4 Å². The summed E-state index contributed by atoms with van der Waals surface area (Å²) in [6.07, 6.45) is 1.49. The molecule has 0 unspecified atom stereocenters. The van der Waals surface area contributed by atoms with Crippen molar-refractivity contribution in [1.29, 1.82) is 0 Å². The Kier molecular flexibility index (Phi) is 5.25. The molecule has 0 atom stereocenters. The van der Waals surface area contributed by atoms with Crippen LogP contribution in [-0.2, 0) is 17.6 Å². The molecule has 32 heavy (non-hydrogen) atoms. The number of aliphatic carboxylic acids is 1. The number of pyridine rings is 1. The third-order valence-corrected chi connectivity index (χ3v) is 5.34. The van der Waals surface area contributed by atoms with E-state index < -0.39 is 5.97 Å². The van der Waals surface area contributed by atoms with E-state index >= 15 is 0 Å². The number of oxazole rings is 1. The summed E-state index contributed by atoms with van der Waals surface area (Å²) in [7, 11) is 0. The van der Waals surface area contributed by atoms with E-state index in [9.17, 15) is 4.79 Å². The first-order valence-corrected chi connectivity index (χ1v) is 10.4. The van der Waals surface area contributed by atoms with Gasteiger partial charge >= 0.3 is 5.97 Å². The molecular formula is C26H21N3O3. The summed E-state index contributed by atoms with van der Waals surface area (Å²) in [4.78, 5) is 20.2. The third-order valence-electron chi connectivity index (χ3n) is 5.34. The van der Waals surface area contributed by atoms with Gasteiger partial charge in [0.25, 0.3) is 0 Å². The second-order valence-corrected chi connectivity index (χ2v) is 7.60. The van der Waals surface area contributed by atoms with Crippen LogP contribution in [0.15, 0.2) is 83.3 Å². The number of rotatable bonds is 7. The van der Waals surface area contributed by atoms with Crippen molar-refractivity contribution in [3.63, 3.8) is 0 Å². The van der Waals surface area contributed by atoms with Crippen LogP contribution in [0.5, 0.6) is 0 Å². The maximum Gasteiger partial charge on any atom is 0.322 e. The lowest BCUT2D eigenvalue weighted by Gasteiger charge is -2.12. The minimum atomic E-state index is -0.928. The number of hydrogen-bond donors (Lipinski definition) is 2. The fourth-order valence-electron chi connectivity index (χ4n) is 3.82. The molecule has 5 rings (SSSR count). The highest BCUT2D eigenvalue weighted by Crippen LogP contribution is 2.31. The predicted octanol–water partition coefficient (Wildman–Crippen LogP) is 5.32. The molecule has 2 heterocycles. The highest BCUT2D eigenvalue weighted by Gasteiger charge is 2.11. The van der Waals surface area contributed by atoms with Crippen molar-refractivity contribution in [2.75, 3.05) is 11.9 Å². The number of nitrogens with zero attached hydrogens (tertiary/aromatic N) is 2. The van der Waals surface area contributed by atoms with E-state index in [0.717, 1.165) is 51.0 Å². The maximum absolute atomic E-state index is 11.0. The second kappa shape index (κ2) is 8.51. The van der Waals surface area contributed by atoms with Crippen molar-refractivity contribution < 1.29 is 14.3 Å². The van der Waals surface area contributed by atoms with E-state index in [0.29, 0.717) is 12.2 Å². The lowest BCUT2D eigenvalue weighted by molar-refractivity contribution is -0.134. The summed E-state index contributed by atoms with van der Waals surface area (Å²) in [6.45, 7) is -0.185. The number of carboxylic acid groups (broad SMARTS) is 1. The van der Waals surface area contributed by atoms with Crippen LogP contribution in [0.3, 0.4) is 0 Å². The van der Waals surface area contributed by atoms with Crippen LogP contribution in [-0.4, -0.2) is 27.6 Å². The standard InChI is InChI=1S/C26H21N3O3/c30-26(31)16-27-24-15-19(18-6-2-1-3-7-18)20-14-17(10-12-21(20)28-24)11-13-25-29-22-8-4-5-9-23(22)32-25/h1-10,12,14-15H,11,13,16H2,(H,27,28)(H,30,31). The quantitative estimate of drug-likeness (QED) is 0.368. The Labute approximate surface area is 184 Å². The molecule has 3 aromatic carbocycles. The zero-order chi connectivity index (χ0) is 21.9. The Morgan fingerprint density at radius 1 is 0.875 bits per heavy atom. The molecule has 158 valence electrons. The van der Waals surface area contributed by atoms with Gasteiger partial charge in [-0.15, -0.1) is 0 Å².